The smallest absolute Gasteiger partial charge is 0.238 e. The van der Waals surface area contributed by atoms with E-state index >= 15 is 0 Å². The maximum Gasteiger partial charge on any atom is 0.238 e. The summed E-state index contributed by atoms with van der Waals surface area (Å²) in [7, 11) is 8.06. The second-order valence-electron chi connectivity index (χ2n) is 9.44. The summed E-state index contributed by atoms with van der Waals surface area (Å²) in [5.74, 6) is -0.0598. The van der Waals surface area contributed by atoms with Gasteiger partial charge < -0.3 is 20.0 Å². The number of fused-ring (bicyclic) bond motifs is 3. The first-order chi connectivity index (χ1) is 16.9. The summed E-state index contributed by atoms with van der Waals surface area (Å²) >= 11 is 1.74. The van der Waals surface area contributed by atoms with Gasteiger partial charge in [0, 0.05) is 47.9 Å². The van der Waals surface area contributed by atoms with Gasteiger partial charge in [-0.15, -0.1) is 11.3 Å². The number of aromatic nitrogens is 2. The molecule has 0 radical (unpaired) electrons. The van der Waals surface area contributed by atoms with Crippen LogP contribution in [0.4, 0.5) is 5.69 Å². The molecule has 0 saturated carbocycles. The van der Waals surface area contributed by atoms with E-state index in [2.05, 4.69) is 45.8 Å². The third-order valence-electron chi connectivity index (χ3n) is 6.31. The quantitative estimate of drug-likeness (QED) is 0.550. The minimum absolute atomic E-state index is 0.0598. The summed E-state index contributed by atoms with van der Waals surface area (Å²) in [4.78, 5) is 31.3. The summed E-state index contributed by atoms with van der Waals surface area (Å²) < 4.78 is 1.84. The Morgan fingerprint density at radius 2 is 1.71 bits per heavy atom. The van der Waals surface area contributed by atoms with Crippen molar-refractivity contribution in [2.24, 2.45) is 0 Å². The van der Waals surface area contributed by atoms with Gasteiger partial charge in [0.05, 0.1) is 17.9 Å². The van der Waals surface area contributed by atoms with E-state index in [1.54, 1.807) is 11.3 Å². The molecule has 9 heteroatoms. The molecule has 1 fully saturated rings. The number of benzene rings is 1. The molecule has 1 aliphatic heterocycles. The van der Waals surface area contributed by atoms with Crippen molar-refractivity contribution in [1.82, 2.24) is 24.5 Å². The molecule has 35 heavy (non-hydrogen) atoms. The van der Waals surface area contributed by atoms with Crippen molar-refractivity contribution >= 4 is 29.2 Å². The zero-order valence-electron chi connectivity index (χ0n) is 21.0. The standard InChI is InChI=1S/C20H20N4O2S.C6H14N2/c1-23(2)11-19(26)21-13-3-5-14(6-4-13)24-20-15(17(12-25)22-24)7-8-18-16(20)9-10-27-18;1-7-3-5-8(2)6-4-7/h3-6,9-10,12H,7-8,11H2,1-2H3,(H,21,26);3-6H2,1-2H3. The Bertz CT molecular complexity index is 1150. The first-order valence-electron chi connectivity index (χ1n) is 11.9. The van der Waals surface area contributed by atoms with Crippen LogP contribution in [0.2, 0.25) is 0 Å². The topological polar surface area (TPSA) is 73.7 Å². The number of carbonyl (C=O) groups is 2. The number of aryl methyl sites for hydroxylation is 1. The molecule has 0 unspecified atom stereocenters. The van der Waals surface area contributed by atoms with Crippen molar-refractivity contribution < 1.29 is 9.59 Å². The lowest BCUT2D eigenvalue weighted by Gasteiger charge is -2.28. The average Bonchev–Trinajstić information content (AvgIpc) is 3.45. The molecular formula is C26H34N6O2S. The third-order valence-corrected chi connectivity index (χ3v) is 7.29. The van der Waals surface area contributed by atoms with Gasteiger partial charge in [0.25, 0.3) is 0 Å². The summed E-state index contributed by atoms with van der Waals surface area (Å²) in [6.45, 7) is 5.26. The van der Waals surface area contributed by atoms with Gasteiger partial charge in [-0.25, -0.2) is 4.68 Å². The molecule has 0 atom stereocenters. The van der Waals surface area contributed by atoms with Crippen LogP contribution in [0.5, 0.6) is 0 Å². The molecule has 1 N–H and O–H groups in total. The number of rotatable bonds is 5. The van der Waals surface area contributed by atoms with Crippen LogP contribution < -0.4 is 5.32 Å². The minimum atomic E-state index is -0.0598. The monoisotopic (exact) mass is 494 g/mol. The molecule has 0 bridgehead atoms. The van der Waals surface area contributed by atoms with Crippen molar-refractivity contribution in [1.29, 1.82) is 0 Å². The van der Waals surface area contributed by atoms with Crippen LogP contribution in [0.15, 0.2) is 35.7 Å². The summed E-state index contributed by atoms with van der Waals surface area (Å²) in [6.07, 6.45) is 2.61. The number of anilines is 1. The minimum Gasteiger partial charge on any atom is -0.325 e. The molecule has 8 nitrogen and oxygen atoms in total. The van der Waals surface area contributed by atoms with Crippen LogP contribution in [0.1, 0.15) is 20.9 Å². The molecule has 1 saturated heterocycles. The summed E-state index contributed by atoms with van der Waals surface area (Å²) in [5.41, 5.74) is 5.28. The number of piperazine rings is 1. The zero-order chi connectivity index (χ0) is 24.9. The van der Waals surface area contributed by atoms with Crippen molar-refractivity contribution in [2.45, 2.75) is 12.8 Å². The molecule has 1 amide bonds. The summed E-state index contributed by atoms with van der Waals surface area (Å²) in [6, 6.07) is 9.63. The fourth-order valence-corrected chi connectivity index (χ4v) is 5.22. The van der Waals surface area contributed by atoms with Crippen LogP contribution in [-0.4, -0.2) is 97.6 Å². The van der Waals surface area contributed by atoms with E-state index in [-0.39, 0.29) is 5.91 Å². The van der Waals surface area contributed by atoms with Crippen molar-refractivity contribution in [3.8, 4) is 16.9 Å². The van der Waals surface area contributed by atoms with E-state index in [4.69, 9.17) is 0 Å². The van der Waals surface area contributed by atoms with Gasteiger partial charge in [0.2, 0.25) is 5.91 Å². The van der Waals surface area contributed by atoms with E-state index < -0.39 is 0 Å². The largest absolute Gasteiger partial charge is 0.325 e. The molecule has 186 valence electrons. The van der Waals surface area contributed by atoms with Crippen LogP contribution in [0.25, 0.3) is 16.9 Å². The second kappa shape index (κ2) is 11.3. The van der Waals surface area contributed by atoms with Gasteiger partial charge in [-0.1, -0.05) is 0 Å². The van der Waals surface area contributed by atoms with Crippen LogP contribution in [0, 0.1) is 0 Å². The average molecular weight is 495 g/mol. The molecule has 1 aliphatic carbocycles. The molecular weight excluding hydrogens is 460 g/mol. The SMILES string of the molecule is CN(C)CC(=O)Nc1ccc(-n2nc(C=O)c3c2-c2ccsc2CC3)cc1.CN1CCN(C)CC1. The van der Waals surface area contributed by atoms with E-state index in [1.807, 2.05) is 47.9 Å². The van der Waals surface area contributed by atoms with Gasteiger partial charge in [-0.2, -0.15) is 5.10 Å². The van der Waals surface area contributed by atoms with Crippen LogP contribution in [0.3, 0.4) is 0 Å². The Hall–Kier alpha value is -2.85. The van der Waals surface area contributed by atoms with E-state index in [9.17, 15) is 9.59 Å². The summed E-state index contributed by atoms with van der Waals surface area (Å²) in [5, 5.41) is 9.51. The number of aldehydes is 1. The van der Waals surface area contributed by atoms with Crippen molar-refractivity contribution in [2.75, 3.05) is 66.2 Å². The number of carbonyl (C=O) groups excluding carboxylic acids is 2. The Balaban J connectivity index is 0.000000308. The number of nitrogens with one attached hydrogen (secondary N) is 1. The molecule has 3 heterocycles. The number of thiophene rings is 1. The first-order valence-corrected chi connectivity index (χ1v) is 12.8. The van der Waals surface area contributed by atoms with E-state index in [0.29, 0.717) is 12.2 Å². The predicted octanol–water partition coefficient (Wildman–Crippen LogP) is 2.88. The molecule has 2 aromatic heterocycles. The highest BCUT2D eigenvalue weighted by molar-refractivity contribution is 7.10. The lowest BCUT2D eigenvalue weighted by atomic mass is 9.95. The Morgan fingerprint density at radius 1 is 1.06 bits per heavy atom. The maximum absolute atomic E-state index is 11.9. The first kappa shape index (κ1) is 25.2. The van der Waals surface area contributed by atoms with Crippen molar-refractivity contribution in [3.05, 3.63) is 51.8 Å². The fraction of sp³-hybridized carbons (Fsp3) is 0.423. The number of amides is 1. The number of hydrogen-bond donors (Lipinski definition) is 1. The second-order valence-corrected chi connectivity index (χ2v) is 10.4. The molecule has 1 aromatic carbocycles. The van der Waals surface area contributed by atoms with Gasteiger partial charge in [-0.3, -0.25) is 9.59 Å². The Kier molecular flexibility index (Phi) is 8.12. The highest BCUT2D eigenvalue weighted by Crippen LogP contribution is 2.39. The number of hydrogen-bond acceptors (Lipinski definition) is 7. The highest BCUT2D eigenvalue weighted by atomic mass is 32.1. The Labute approximate surface area is 211 Å². The number of nitrogens with zero attached hydrogens (tertiary/aromatic N) is 5. The third kappa shape index (κ3) is 6.05. The molecule has 3 aromatic rings. The fourth-order valence-electron chi connectivity index (χ4n) is 4.34. The van der Waals surface area contributed by atoms with Crippen molar-refractivity contribution in [3.63, 3.8) is 0 Å². The zero-order valence-corrected chi connectivity index (χ0v) is 21.8. The van der Waals surface area contributed by atoms with Crippen LogP contribution in [-0.2, 0) is 17.6 Å². The normalized spacial score (nSPS) is 15.7. The molecule has 0 spiro atoms. The molecule has 5 rings (SSSR count). The van der Waals surface area contributed by atoms with Gasteiger partial charge in [0.1, 0.15) is 5.69 Å². The van der Waals surface area contributed by atoms with Gasteiger partial charge in [-0.05, 0) is 76.7 Å². The van der Waals surface area contributed by atoms with E-state index in [1.165, 1.54) is 31.1 Å². The Morgan fingerprint density at radius 3 is 2.31 bits per heavy atom. The maximum atomic E-state index is 11.9. The van der Waals surface area contributed by atoms with Crippen LogP contribution >= 0.6 is 11.3 Å². The number of likely N-dealkylation sites (N-methyl/N-ethyl adjacent to an activating group) is 3. The van der Waals surface area contributed by atoms with E-state index in [0.717, 1.165) is 47.3 Å². The predicted molar refractivity (Wildman–Crippen MR) is 142 cm³/mol. The van der Waals surface area contributed by atoms with Gasteiger partial charge in [0.15, 0.2) is 6.29 Å². The lowest BCUT2D eigenvalue weighted by Crippen LogP contribution is -2.42. The lowest BCUT2D eigenvalue weighted by molar-refractivity contribution is -0.116. The van der Waals surface area contributed by atoms with Gasteiger partial charge >= 0.3 is 0 Å². The highest BCUT2D eigenvalue weighted by Gasteiger charge is 2.26. The molecule has 2 aliphatic rings.